The summed E-state index contributed by atoms with van der Waals surface area (Å²) < 4.78 is 0. The quantitative estimate of drug-likeness (QED) is 0.574. The topological polar surface area (TPSA) is 51.6 Å². The van der Waals surface area contributed by atoms with Gasteiger partial charge in [0.25, 0.3) is 0 Å². The number of fused-ring (bicyclic) bond motifs is 2. The Kier molecular flexibility index (Phi) is 3.65. The molecule has 0 spiro atoms. The lowest BCUT2D eigenvalue weighted by atomic mass is 10.1. The minimum absolute atomic E-state index is 0.814. The van der Waals surface area contributed by atoms with Crippen LogP contribution in [-0.2, 0) is 12.8 Å². The molecule has 4 heteroatoms. The number of hydrogen-bond donors (Lipinski definition) is 0. The maximum Gasteiger partial charge on any atom is 0.129 e. The van der Waals surface area contributed by atoms with E-state index in [1.807, 2.05) is 19.2 Å². The number of nitrogens with zero attached hydrogens (tertiary/aromatic N) is 4. The Morgan fingerprint density at radius 2 is 1.67 bits per heavy atom. The van der Waals surface area contributed by atoms with Crippen molar-refractivity contribution in [2.45, 2.75) is 26.7 Å². The maximum absolute atomic E-state index is 4.69. The van der Waals surface area contributed by atoms with Crippen LogP contribution in [0.2, 0.25) is 0 Å². The maximum atomic E-state index is 4.69. The van der Waals surface area contributed by atoms with Gasteiger partial charge in [-0.1, -0.05) is 18.2 Å². The van der Waals surface area contributed by atoms with E-state index in [9.17, 15) is 0 Å². The highest BCUT2D eigenvalue weighted by Gasteiger charge is 2.04. The van der Waals surface area contributed by atoms with E-state index in [2.05, 4.69) is 57.2 Å². The molecule has 4 aromatic rings. The van der Waals surface area contributed by atoms with Gasteiger partial charge in [-0.15, -0.1) is 0 Å². The Morgan fingerprint density at radius 3 is 2.58 bits per heavy atom. The van der Waals surface area contributed by atoms with Crippen molar-refractivity contribution in [3.63, 3.8) is 0 Å². The molecule has 0 N–H and O–H groups in total. The second-order valence-electron chi connectivity index (χ2n) is 6.18. The summed E-state index contributed by atoms with van der Waals surface area (Å²) in [4.78, 5) is 18.1. The summed E-state index contributed by atoms with van der Waals surface area (Å²) >= 11 is 0. The van der Waals surface area contributed by atoms with E-state index < -0.39 is 0 Å². The number of aromatic nitrogens is 4. The Labute approximate surface area is 140 Å². The van der Waals surface area contributed by atoms with Crippen LogP contribution in [0.25, 0.3) is 21.9 Å². The molecule has 0 atom stereocenters. The summed E-state index contributed by atoms with van der Waals surface area (Å²) in [6.45, 7) is 4.04. The highest BCUT2D eigenvalue weighted by molar-refractivity contribution is 5.78. The summed E-state index contributed by atoms with van der Waals surface area (Å²) in [5.41, 5.74) is 6.28. The Balaban J connectivity index is 1.58. The van der Waals surface area contributed by atoms with Crippen LogP contribution in [0.3, 0.4) is 0 Å². The third-order valence-corrected chi connectivity index (χ3v) is 4.15. The van der Waals surface area contributed by atoms with Crippen molar-refractivity contribution in [2.24, 2.45) is 0 Å². The number of hydrogen-bond acceptors (Lipinski definition) is 4. The molecule has 0 bridgehead atoms. The normalized spacial score (nSPS) is 11.2. The van der Waals surface area contributed by atoms with Gasteiger partial charge in [-0.3, -0.25) is 4.98 Å². The van der Waals surface area contributed by atoms with Crippen LogP contribution in [0.5, 0.6) is 0 Å². The molecular weight excluding hydrogens is 296 g/mol. The molecule has 2 aromatic heterocycles. The average Bonchev–Trinajstić information content (AvgIpc) is 2.59. The molecular formula is C20H18N4. The van der Waals surface area contributed by atoms with E-state index in [0.29, 0.717) is 0 Å². The second-order valence-corrected chi connectivity index (χ2v) is 6.18. The lowest BCUT2D eigenvalue weighted by Crippen LogP contribution is -1.99. The van der Waals surface area contributed by atoms with Gasteiger partial charge in [0.1, 0.15) is 5.82 Å². The van der Waals surface area contributed by atoms with E-state index >= 15 is 0 Å². The molecule has 0 saturated heterocycles. The van der Waals surface area contributed by atoms with Crippen molar-refractivity contribution in [1.29, 1.82) is 0 Å². The lowest BCUT2D eigenvalue weighted by molar-refractivity contribution is 0.870. The standard InChI is InChI=1S/C20H18N4/c1-13-3-6-16-12-22-20(24-18(16)9-13)8-5-15-4-7-17-19(10-15)23-14(2)11-21-17/h3-4,6-7,9-12H,5,8H2,1-2H3. The molecule has 0 unspecified atom stereocenters. The zero-order chi connectivity index (χ0) is 16.5. The van der Waals surface area contributed by atoms with Crippen LogP contribution in [0, 0.1) is 13.8 Å². The molecule has 4 rings (SSSR count). The molecule has 24 heavy (non-hydrogen) atoms. The molecule has 0 fully saturated rings. The van der Waals surface area contributed by atoms with Crippen molar-refractivity contribution < 1.29 is 0 Å². The summed E-state index contributed by atoms with van der Waals surface area (Å²) in [5, 5.41) is 1.08. The number of rotatable bonds is 3. The van der Waals surface area contributed by atoms with Gasteiger partial charge in [-0.2, -0.15) is 0 Å². The number of benzene rings is 2. The van der Waals surface area contributed by atoms with E-state index in [4.69, 9.17) is 0 Å². The molecule has 2 heterocycles. The molecule has 0 aliphatic carbocycles. The first-order chi connectivity index (χ1) is 11.7. The molecule has 0 amide bonds. The first-order valence-electron chi connectivity index (χ1n) is 8.12. The van der Waals surface area contributed by atoms with E-state index in [1.54, 1.807) is 6.20 Å². The molecule has 0 radical (unpaired) electrons. The van der Waals surface area contributed by atoms with Gasteiger partial charge in [0.2, 0.25) is 0 Å². The largest absolute Gasteiger partial charge is 0.253 e. The molecule has 118 valence electrons. The van der Waals surface area contributed by atoms with Crippen molar-refractivity contribution in [3.05, 3.63) is 71.4 Å². The van der Waals surface area contributed by atoms with Gasteiger partial charge in [0.05, 0.1) is 22.2 Å². The summed E-state index contributed by atoms with van der Waals surface area (Å²) in [6.07, 6.45) is 5.41. The third kappa shape index (κ3) is 2.95. The fourth-order valence-electron chi connectivity index (χ4n) is 2.85. The van der Waals surface area contributed by atoms with Gasteiger partial charge < -0.3 is 0 Å². The van der Waals surface area contributed by atoms with E-state index in [0.717, 1.165) is 46.3 Å². The fourth-order valence-corrected chi connectivity index (χ4v) is 2.85. The minimum Gasteiger partial charge on any atom is -0.253 e. The van der Waals surface area contributed by atoms with Gasteiger partial charge in [0.15, 0.2) is 0 Å². The molecule has 4 nitrogen and oxygen atoms in total. The van der Waals surface area contributed by atoms with Crippen LogP contribution < -0.4 is 0 Å². The smallest absolute Gasteiger partial charge is 0.129 e. The average molecular weight is 314 g/mol. The monoisotopic (exact) mass is 314 g/mol. The van der Waals surface area contributed by atoms with Crippen molar-refractivity contribution >= 4 is 21.9 Å². The zero-order valence-corrected chi connectivity index (χ0v) is 13.8. The van der Waals surface area contributed by atoms with Crippen LogP contribution in [-0.4, -0.2) is 19.9 Å². The number of aryl methyl sites for hydroxylation is 4. The lowest BCUT2D eigenvalue weighted by Gasteiger charge is -2.05. The third-order valence-electron chi connectivity index (χ3n) is 4.15. The van der Waals surface area contributed by atoms with Crippen molar-refractivity contribution in [3.8, 4) is 0 Å². The molecule has 0 aliphatic heterocycles. The minimum atomic E-state index is 0.814. The Morgan fingerprint density at radius 1 is 0.750 bits per heavy atom. The first kappa shape index (κ1) is 14.7. The SMILES string of the molecule is Cc1ccc2cnc(CCc3ccc4ncc(C)nc4c3)nc2c1. The van der Waals surface area contributed by atoms with Crippen molar-refractivity contribution in [1.82, 2.24) is 19.9 Å². The Hall–Kier alpha value is -2.88. The van der Waals surface area contributed by atoms with Gasteiger partial charge >= 0.3 is 0 Å². The fraction of sp³-hybridized carbons (Fsp3) is 0.200. The van der Waals surface area contributed by atoms with Gasteiger partial charge in [-0.05, 0) is 49.6 Å². The van der Waals surface area contributed by atoms with Crippen molar-refractivity contribution in [2.75, 3.05) is 0 Å². The van der Waals surface area contributed by atoms with Gasteiger partial charge in [0, 0.05) is 24.2 Å². The Bertz CT molecular complexity index is 955. The van der Waals surface area contributed by atoms with Crippen LogP contribution >= 0.6 is 0 Å². The van der Waals surface area contributed by atoms with E-state index in [1.165, 1.54) is 11.1 Å². The van der Waals surface area contributed by atoms with Crippen LogP contribution in [0.15, 0.2) is 48.8 Å². The van der Waals surface area contributed by atoms with Crippen LogP contribution in [0.4, 0.5) is 0 Å². The second kappa shape index (κ2) is 5.96. The molecule has 0 saturated carbocycles. The first-order valence-corrected chi connectivity index (χ1v) is 8.12. The predicted molar refractivity (Wildman–Crippen MR) is 96.0 cm³/mol. The van der Waals surface area contributed by atoms with E-state index in [-0.39, 0.29) is 0 Å². The predicted octanol–water partition coefficient (Wildman–Crippen LogP) is 3.98. The summed E-state index contributed by atoms with van der Waals surface area (Å²) in [7, 11) is 0. The van der Waals surface area contributed by atoms with Crippen LogP contribution in [0.1, 0.15) is 22.6 Å². The molecule has 0 aliphatic rings. The highest BCUT2D eigenvalue weighted by Crippen LogP contribution is 2.16. The highest BCUT2D eigenvalue weighted by atomic mass is 14.9. The summed E-state index contributed by atoms with van der Waals surface area (Å²) in [5.74, 6) is 0.878. The summed E-state index contributed by atoms with van der Waals surface area (Å²) in [6, 6.07) is 12.5. The van der Waals surface area contributed by atoms with Gasteiger partial charge in [-0.25, -0.2) is 15.0 Å². The zero-order valence-electron chi connectivity index (χ0n) is 13.8. The molecule has 2 aromatic carbocycles.